The molecule has 1 amide bonds. The monoisotopic (exact) mass is 358 g/mol. The molecule has 1 aromatic carbocycles. The SMILES string of the molecule is Cc1ccc(O)c(C(=O)N2CCC3(CC2)CO[C@@H](CN2CCCC2)C3)c1. The van der Waals surface area contributed by atoms with Gasteiger partial charge in [-0.1, -0.05) is 11.6 Å². The predicted octanol–water partition coefficient (Wildman–Crippen LogP) is 2.81. The maximum atomic E-state index is 12.8. The number of carbonyl (C=O) groups excluding carboxylic acids is 1. The van der Waals surface area contributed by atoms with E-state index in [-0.39, 0.29) is 17.1 Å². The van der Waals surface area contributed by atoms with Gasteiger partial charge >= 0.3 is 0 Å². The highest BCUT2D eigenvalue weighted by molar-refractivity contribution is 5.97. The molecule has 5 heteroatoms. The van der Waals surface area contributed by atoms with E-state index in [9.17, 15) is 9.90 Å². The molecule has 1 aromatic rings. The topological polar surface area (TPSA) is 53.0 Å². The molecule has 0 unspecified atom stereocenters. The molecule has 5 nitrogen and oxygen atoms in total. The van der Waals surface area contributed by atoms with Gasteiger partial charge in [-0.05, 0) is 69.7 Å². The minimum absolute atomic E-state index is 0.0476. The molecular formula is C21H30N2O3. The predicted molar refractivity (Wildman–Crippen MR) is 100 cm³/mol. The van der Waals surface area contributed by atoms with Crippen LogP contribution in [0.15, 0.2) is 18.2 Å². The molecule has 0 aliphatic carbocycles. The summed E-state index contributed by atoms with van der Waals surface area (Å²) < 4.78 is 6.14. The zero-order chi connectivity index (χ0) is 18.1. The first-order valence-electron chi connectivity index (χ1n) is 9.98. The third kappa shape index (κ3) is 3.60. The molecule has 3 heterocycles. The van der Waals surface area contributed by atoms with E-state index in [2.05, 4.69) is 4.90 Å². The number of benzene rings is 1. The molecule has 1 spiro atoms. The average molecular weight is 358 g/mol. The standard InChI is InChI=1S/C21H30N2O3/c1-16-4-5-19(24)18(12-16)20(25)23-10-6-21(7-11-23)13-17(26-15-21)14-22-8-2-3-9-22/h4-5,12,17,24H,2-3,6-11,13-15H2,1H3/t17-/m1/s1. The summed E-state index contributed by atoms with van der Waals surface area (Å²) >= 11 is 0. The number of aryl methyl sites for hydroxylation is 1. The highest BCUT2D eigenvalue weighted by Crippen LogP contribution is 2.42. The van der Waals surface area contributed by atoms with Crippen molar-refractivity contribution in [3.8, 4) is 5.75 Å². The van der Waals surface area contributed by atoms with E-state index in [1.54, 1.807) is 12.1 Å². The number of amides is 1. The van der Waals surface area contributed by atoms with Crippen LogP contribution in [0.2, 0.25) is 0 Å². The fourth-order valence-electron chi connectivity index (χ4n) is 4.79. The van der Waals surface area contributed by atoms with Crippen molar-refractivity contribution in [3.05, 3.63) is 29.3 Å². The fourth-order valence-corrected chi connectivity index (χ4v) is 4.79. The summed E-state index contributed by atoms with van der Waals surface area (Å²) in [5.74, 6) is 0.0318. The van der Waals surface area contributed by atoms with Crippen molar-refractivity contribution in [1.82, 2.24) is 9.80 Å². The van der Waals surface area contributed by atoms with Crippen molar-refractivity contribution in [1.29, 1.82) is 0 Å². The molecule has 3 aliphatic rings. The lowest BCUT2D eigenvalue weighted by Crippen LogP contribution is -2.43. The lowest BCUT2D eigenvalue weighted by Gasteiger charge is -2.38. The first-order valence-corrected chi connectivity index (χ1v) is 9.98. The Bertz CT molecular complexity index is 661. The number of nitrogens with zero attached hydrogens (tertiary/aromatic N) is 2. The minimum Gasteiger partial charge on any atom is -0.507 e. The van der Waals surface area contributed by atoms with Crippen molar-refractivity contribution >= 4 is 5.91 Å². The number of carbonyl (C=O) groups is 1. The molecule has 1 N–H and O–H groups in total. The van der Waals surface area contributed by atoms with Gasteiger partial charge in [0.2, 0.25) is 0 Å². The van der Waals surface area contributed by atoms with Crippen molar-refractivity contribution in [2.45, 2.75) is 45.1 Å². The molecule has 3 aliphatic heterocycles. The number of aromatic hydroxyl groups is 1. The average Bonchev–Trinajstić information content (AvgIpc) is 3.28. The molecule has 0 radical (unpaired) electrons. The van der Waals surface area contributed by atoms with Gasteiger partial charge in [-0.25, -0.2) is 0 Å². The van der Waals surface area contributed by atoms with E-state index >= 15 is 0 Å². The van der Waals surface area contributed by atoms with Crippen LogP contribution in [0.1, 0.15) is 48.0 Å². The van der Waals surface area contributed by atoms with Gasteiger partial charge in [0.05, 0.1) is 18.3 Å². The first kappa shape index (κ1) is 17.8. The first-order chi connectivity index (χ1) is 12.5. The maximum Gasteiger partial charge on any atom is 0.257 e. The second-order valence-corrected chi connectivity index (χ2v) is 8.46. The van der Waals surface area contributed by atoms with Crippen LogP contribution in [0, 0.1) is 12.3 Å². The molecule has 0 aromatic heterocycles. The number of likely N-dealkylation sites (tertiary alicyclic amines) is 2. The van der Waals surface area contributed by atoms with Gasteiger partial charge in [-0.15, -0.1) is 0 Å². The number of piperidine rings is 1. The Labute approximate surface area is 155 Å². The molecule has 4 rings (SSSR count). The van der Waals surface area contributed by atoms with Gasteiger partial charge in [0.15, 0.2) is 0 Å². The summed E-state index contributed by atoms with van der Waals surface area (Å²) in [4.78, 5) is 17.2. The van der Waals surface area contributed by atoms with Gasteiger partial charge < -0.3 is 19.6 Å². The van der Waals surface area contributed by atoms with Crippen molar-refractivity contribution in [2.24, 2.45) is 5.41 Å². The molecule has 0 saturated carbocycles. The summed E-state index contributed by atoms with van der Waals surface area (Å²) in [5.41, 5.74) is 1.67. The Hall–Kier alpha value is -1.59. The summed E-state index contributed by atoms with van der Waals surface area (Å²) in [6.07, 6.45) is 6.13. The second kappa shape index (κ2) is 7.20. The Morgan fingerprint density at radius 1 is 1.23 bits per heavy atom. The van der Waals surface area contributed by atoms with Gasteiger partial charge in [0.1, 0.15) is 5.75 Å². The second-order valence-electron chi connectivity index (χ2n) is 8.46. The summed E-state index contributed by atoms with van der Waals surface area (Å²) in [5, 5.41) is 10.0. The van der Waals surface area contributed by atoms with Crippen LogP contribution in [-0.4, -0.2) is 66.2 Å². The van der Waals surface area contributed by atoms with Crippen molar-refractivity contribution in [3.63, 3.8) is 0 Å². The van der Waals surface area contributed by atoms with Crippen LogP contribution in [0.25, 0.3) is 0 Å². The van der Waals surface area contributed by atoms with Gasteiger partial charge in [-0.3, -0.25) is 4.79 Å². The van der Waals surface area contributed by atoms with Crippen LogP contribution in [-0.2, 0) is 4.74 Å². The van der Waals surface area contributed by atoms with Gasteiger partial charge in [0.25, 0.3) is 5.91 Å². The third-order valence-corrected chi connectivity index (χ3v) is 6.44. The smallest absolute Gasteiger partial charge is 0.257 e. The minimum atomic E-state index is -0.0476. The molecule has 3 saturated heterocycles. The van der Waals surface area contributed by atoms with Crippen LogP contribution in [0.4, 0.5) is 0 Å². The Kier molecular flexibility index (Phi) is 4.93. The molecule has 142 valence electrons. The molecule has 3 fully saturated rings. The number of ether oxygens (including phenoxy) is 1. The zero-order valence-corrected chi connectivity index (χ0v) is 15.7. The lowest BCUT2D eigenvalue weighted by molar-refractivity contribution is 0.0458. The quantitative estimate of drug-likeness (QED) is 0.903. The van der Waals surface area contributed by atoms with E-state index in [1.165, 1.54) is 25.9 Å². The molecular weight excluding hydrogens is 328 g/mol. The van der Waals surface area contributed by atoms with Gasteiger partial charge in [0, 0.05) is 19.6 Å². The van der Waals surface area contributed by atoms with E-state index in [1.807, 2.05) is 17.9 Å². The number of rotatable bonds is 3. The third-order valence-electron chi connectivity index (χ3n) is 6.44. The maximum absolute atomic E-state index is 12.8. The van der Waals surface area contributed by atoms with E-state index in [4.69, 9.17) is 4.74 Å². The largest absolute Gasteiger partial charge is 0.507 e. The fraction of sp³-hybridized carbons (Fsp3) is 0.667. The normalized spacial score (nSPS) is 25.9. The van der Waals surface area contributed by atoms with Crippen LogP contribution < -0.4 is 0 Å². The van der Waals surface area contributed by atoms with Crippen molar-refractivity contribution in [2.75, 3.05) is 39.3 Å². The summed E-state index contributed by atoms with van der Waals surface area (Å²) in [7, 11) is 0. The Morgan fingerprint density at radius 3 is 2.69 bits per heavy atom. The lowest BCUT2D eigenvalue weighted by atomic mass is 9.76. The summed E-state index contributed by atoms with van der Waals surface area (Å²) in [6, 6.07) is 5.22. The van der Waals surface area contributed by atoms with E-state index in [0.717, 1.165) is 51.1 Å². The Morgan fingerprint density at radius 2 is 1.96 bits per heavy atom. The number of phenols is 1. The van der Waals surface area contributed by atoms with E-state index in [0.29, 0.717) is 11.7 Å². The summed E-state index contributed by atoms with van der Waals surface area (Å²) in [6.45, 7) is 7.80. The molecule has 1 atom stereocenters. The van der Waals surface area contributed by atoms with E-state index < -0.39 is 0 Å². The van der Waals surface area contributed by atoms with Crippen LogP contribution in [0.3, 0.4) is 0 Å². The van der Waals surface area contributed by atoms with Crippen LogP contribution >= 0.6 is 0 Å². The van der Waals surface area contributed by atoms with Crippen molar-refractivity contribution < 1.29 is 14.6 Å². The highest BCUT2D eigenvalue weighted by atomic mass is 16.5. The number of phenolic OH excluding ortho intramolecular Hbond substituents is 1. The Balaban J connectivity index is 1.34. The highest BCUT2D eigenvalue weighted by Gasteiger charge is 2.43. The zero-order valence-electron chi connectivity index (χ0n) is 15.7. The molecule has 0 bridgehead atoms. The molecule has 26 heavy (non-hydrogen) atoms. The van der Waals surface area contributed by atoms with Crippen LogP contribution in [0.5, 0.6) is 5.75 Å². The number of hydrogen-bond donors (Lipinski definition) is 1. The van der Waals surface area contributed by atoms with Gasteiger partial charge in [-0.2, -0.15) is 0 Å². The number of hydrogen-bond acceptors (Lipinski definition) is 4.